The van der Waals surface area contributed by atoms with Crippen molar-refractivity contribution >= 4 is 17.9 Å². The first-order chi connectivity index (χ1) is 40.5. The van der Waals surface area contributed by atoms with Gasteiger partial charge in [0.25, 0.3) is 0 Å². The van der Waals surface area contributed by atoms with Crippen molar-refractivity contribution in [3.63, 3.8) is 0 Å². The standard InChI is InChI=1S/C76H122O6/c1-4-7-10-13-16-19-22-25-28-30-32-34-36-38-40-42-44-46-48-51-54-57-60-63-66-69-75(78)81-72-73(71-80-74(77)68-65-62-59-56-53-50-27-24-21-18-15-12-9-6-3)82-76(79)70-67-64-61-58-55-52-49-47-45-43-41-39-37-35-33-31-29-26-23-20-17-14-11-8-5-2/h7-8,10-11,16-17,19-20,24-29,32-35,38-41,44,46,51,54,73H,4-6,9,12-15,18,21-23,30-31,36-37,42-43,45,47-50,52-53,55-72H2,1-3H3/b10-7-,11-8-,19-16-,20-17-,27-24-,28-25-,29-26-,34-32-,35-33-,40-38-,41-39-,46-44-,54-51-. The van der Waals surface area contributed by atoms with E-state index in [-0.39, 0.29) is 31.1 Å². The van der Waals surface area contributed by atoms with Crippen molar-refractivity contribution in [2.45, 2.75) is 290 Å². The molecule has 0 saturated carbocycles. The van der Waals surface area contributed by atoms with Gasteiger partial charge in [-0.1, -0.05) is 275 Å². The fourth-order valence-corrected chi connectivity index (χ4v) is 8.80. The van der Waals surface area contributed by atoms with Crippen LogP contribution in [0.25, 0.3) is 0 Å². The number of unbranched alkanes of at least 4 members (excludes halogenated alkanes) is 22. The highest BCUT2D eigenvalue weighted by atomic mass is 16.6. The van der Waals surface area contributed by atoms with Gasteiger partial charge in [-0.05, 0) is 148 Å². The summed E-state index contributed by atoms with van der Waals surface area (Å²) in [6.45, 7) is 6.37. The molecule has 82 heavy (non-hydrogen) atoms. The molecule has 462 valence electrons. The molecule has 6 nitrogen and oxygen atoms in total. The van der Waals surface area contributed by atoms with Crippen molar-refractivity contribution in [3.8, 4) is 0 Å². The third-order valence-electron chi connectivity index (χ3n) is 13.7. The summed E-state index contributed by atoms with van der Waals surface area (Å²) >= 11 is 0. The SMILES string of the molecule is CC/C=C\C/C=C\C/C=C\C/C=C\C/C=C\C/C=C\C/C=C\CCCCCC(=O)OCC(COC(=O)CCCCCCC/C=C\CCCCCCC)OC(=O)CCCCCCCCCCC/C=C\C/C=C\C/C=C\C/C=C\C/C=C\CC. The minimum Gasteiger partial charge on any atom is -0.462 e. The Morgan fingerprint density at radius 1 is 0.256 bits per heavy atom. The first-order valence-corrected chi connectivity index (χ1v) is 33.5. The van der Waals surface area contributed by atoms with E-state index >= 15 is 0 Å². The number of carbonyl (C=O) groups excluding carboxylic acids is 3. The van der Waals surface area contributed by atoms with Crippen molar-refractivity contribution < 1.29 is 28.6 Å². The summed E-state index contributed by atoms with van der Waals surface area (Å²) < 4.78 is 16.9. The van der Waals surface area contributed by atoms with Crippen LogP contribution in [-0.2, 0) is 28.6 Å². The lowest BCUT2D eigenvalue weighted by Crippen LogP contribution is -2.30. The molecule has 0 aliphatic carbocycles. The summed E-state index contributed by atoms with van der Waals surface area (Å²) in [4.78, 5) is 38.4. The van der Waals surface area contributed by atoms with Gasteiger partial charge in [0, 0.05) is 19.3 Å². The number of allylic oxidation sites excluding steroid dienone is 26. The zero-order valence-corrected chi connectivity index (χ0v) is 52.9. The predicted molar refractivity (Wildman–Crippen MR) is 357 cm³/mol. The van der Waals surface area contributed by atoms with Crippen LogP contribution in [0.5, 0.6) is 0 Å². The van der Waals surface area contributed by atoms with E-state index < -0.39 is 6.10 Å². The summed E-state index contributed by atoms with van der Waals surface area (Å²) in [6.07, 6.45) is 99.6. The van der Waals surface area contributed by atoms with E-state index in [1.54, 1.807) is 0 Å². The lowest BCUT2D eigenvalue weighted by Gasteiger charge is -2.18. The van der Waals surface area contributed by atoms with Gasteiger partial charge >= 0.3 is 17.9 Å². The first-order valence-electron chi connectivity index (χ1n) is 33.5. The quantitative estimate of drug-likeness (QED) is 0.0261. The van der Waals surface area contributed by atoms with Crippen LogP contribution < -0.4 is 0 Å². The van der Waals surface area contributed by atoms with E-state index in [4.69, 9.17) is 14.2 Å². The van der Waals surface area contributed by atoms with Gasteiger partial charge in [0.1, 0.15) is 13.2 Å². The molecule has 0 saturated heterocycles. The summed E-state index contributed by atoms with van der Waals surface area (Å²) in [5.41, 5.74) is 0. The maximum absolute atomic E-state index is 12.9. The summed E-state index contributed by atoms with van der Waals surface area (Å²) in [5.74, 6) is -0.949. The molecule has 0 spiro atoms. The highest BCUT2D eigenvalue weighted by molar-refractivity contribution is 5.71. The Balaban J connectivity index is 4.46. The Labute approximate surface area is 505 Å². The molecule has 0 aromatic carbocycles. The molecule has 0 fully saturated rings. The molecule has 1 unspecified atom stereocenters. The van der Waals surface area contributed by atoms with Gasteiger partial charge < -0.3 is 14.2 Å². The molecule has 0 rings (SSSR count). The number of esters is 3. The lowest BCUT2D eigenvalue weighted by atomic mass is 10.1. The monoisotopic (exact) mass is 1130 g/mol. The number of rotatable bonds is 59. The molecule has 0 aliphatic rings. The van der Waals surface area contributed by atoms with Crippen molar-refractivity contribution in [1.29, 1.82) is 0 Å². The second-order valence-electron chi connectivity index (χ2n) is 21.6. The molecular weight excluding hydrogens is 1010 g/mol. The number of hydrogen-bond acceptors (Lipinski definition) is 6. The molecule has 0 aliphatic heterocycles. The van der Waals surface area contributed by atoms with Crippen LogP contribution in [0.3, 0.4) is 0 Å². The maximum Gasteiger partial charge on any atom is 0.306 e. The van der Waals surface area contributed by atoms with Crippen LogP contribution in [0, 0.1) is 0 Å². The molecule has 0 radical (unpaired) electrons. The fraction of sp³-hybridized carbons (Fsp3) is 0.618. The third kappa shape index (κ3) is 65.8. The number of carbonyl (C=O) groups is 3. The lowest BCUT2D eigenvalue weighted by molar-refractivity contribution is -0.167. The second-order valence-corrected chi connectivity index (χ2v) is 21.6. The molecule has 6 heteroatoms. The van der Waals surface area contributed by atoms with Gasteiger partial charge in [0.2, 0.25) is 0 Å². The van der Waals surface area contributed by atoms with Gasteiger partial charge in [-0.2, -0.15) is 0 Å². The average Bonchev–Trinajstić information content (AvgIpc) is 3.47. The highest BCUT2D eigenvalue weighted by Crippen LogP contribution is 2.15. The van der Waals surface area contributed by atoms with Gasteiger partial charge in [0.15, 0.2) is 6.10 Å². The van der Waals surface area contributed by atoms with E-state index in [0.29, 0.717) is 19.3 Å². The van der Waals surface area contributed by atoms with E-state index in [1.807, 2.05) is 0 Å². The van der Waals surface area contributed by atoms with Gasteiger partial charge in [-0.15, -0.1) is 0 Å². The van der Waals surface area contributed by atoms with E-state index in [2.05, 4.69) is 179 Å². The molecule has 0 N–H and O–H groups in total. The van der Waals surface area contributed by atoms with Crippen LogP contribution in [0.1, 0.15) is 284 Å². The molecule has 0 aromatic heterocycles. The first kappa shape index (κ1) is 77.0. The van der Waals surface area contributed by atoms with Gasteiger partial charge in [-0.3, -0.25) is 14.4 Å². The number of ether oxygens (including phenoxy) is 3. The molecule has 0 aromatic rings. The van der Waals surface area contributed by atoms with Crippen LogP contribution in [0.4, 0.5) is 0 Å². The van der Waals surface area contributed by atoms with Crippen LogP contribution in [0.15, 0.2) is 158 Å². The minimum atomic E-state index is -0.808. The molecule has 1 atom stereocenters. The van der Waals surface area contributed by atoms with E-state index in [9.17, 15) is 14.4 Å². The smallest absolute Gasteiger partial charge is 0.306 e. The normalized spacial score (nSPS) is 13.2. The van der Waals surface area contributed by atoms with Gasteiger partial charge in [0.05, 0.1) is 0 Å². The van der Waals surface area contributed by atoms with Crippen molar-refractivity contribution in [1.82, 2.24) is 0 Å². The minimum absolute atomic E-state index is 0.101. The van der Waals surface area contributed by atoms with Crippen molar-refractivity contribution in [2.75, 3.05) is 13.2 Å². The van der Waals surface area contributed by atoms with Crippen LogP contribution in [0.2, 0.25) is 0 Å². The Hall–Kier alpha value is -4.97. The van der Waals surface area contributed by atoms with Crippen molar-refractivity contribution in [2.24, 2.45) is 0 Å². The molecular formula is C76H122O6. The predicted octanol–water partition coefficient (Wildman–Crippen LogP) is 23.3. The Morgan fingerprint density at radius 2 is 0.476 bits per heavy atom. The maximum atomic E-state index is 12.9. The topological polar surface area (TPSA) is 78.9 Å². The average molecular weight is 1130 g/mol. The molecule has 0 amide bonds. The van der Waals surface area contributed by atoms with Crippen molar-refractivity contribution in [3.05, 3.63) is 158 Å². The highest BCUT2D eigenvalue weighted by Gasteiger charge is 2.19. The Morgan fingerprint density at radius 3 is 0.768 bits per heavy atom. The summed E-state index contributed by atoms with van der Waals surface area (Å²) in [6, 6.07) is 0. The van der Waals surface area contributed by atoms with Gasteiger partial charge in [-0.25, -0.2) is 0 Å². The largest absolute Gasteiger partial charge is 0.462 e. The fourth-order valence-electron chi connectivity index (χ4n) is 8.80. The molecule has 0 heterocycles. The Kier molecular flexibility index (Phi) is 64.4. The Bertz CT molecular complexity index is 1830. The summed E-state index contributed by atoms with van der Waals surface area (Å²) in [7, 11) is 0. The molecule has 0 bridgehead atoms. The summed E-state index contributed by atoms with van der Waals surface area (Å²) in [5, 5.41) is 0. The second kappa shape index (κ2) is 68.5. The van der Waals surface area contributed by atoms with Crippen LogP contribution >= 0.6 is 0 Å². The number of hydrogen-bond donors (Lipinski definition) is 0. The zero-order chi connectivity index (χ0) is 59.2. The van der Waals surface area contributed by atoms with E-state index in [1.165, 1.54) is 83.5 Å². The van der Waals surface area contributed by atoms with Crippen LogP contribution in [-0.4, -0.2) is 37.2 Å². The van der Waals surface area contributed by atoms with E-state index in [0.717, 1.165) is 161 Å². The third-order valence-corrected chi connectivity index (χ3v) is 13.7. The zero-order valence-electron chi connectivity index (χ0n) is 52.9.